The molecule has 1 aliphatic rings. The predicted molar refractivity (Wildman–Crippen MR) is 66.6 cm³/mol. The van der Waals surface area contributed by atoms with E-state index in [0.717, 1.165) is 22.4 Å². The summed E-state index contributed by atoms with van der Waals surface area (Å²) >= 11 is 0. The standard InChI is InChI=1S/C14H15NO2/c1-14(2,3)10-4-9-5-12-13(17-8-16-12)6-11(9)15-7-10/h4-7H,8H2,1-3H3. The first kappa shape index (κ1) is 10.4. The van der Waals surface area contributed by atoms with Crippen LogP contribution in [0.3, 0.4) is 0 Å². The van der Waals surface area contributed by atoms with Gasteiger partial charge in [-0.1, -0.05) is 20.8 Å². The van der Waals surface area contributed by atoms with E-state index < -0.39 is 0 Å². The van der Waals surface area contributed by atoms with Gasteiger partial charge in [0, 0.05) is 17.6 Å². The van der Waals surface area contributed by atoms with E-state index in [-0.39, 0.29) is 5.41 Å². The third kappa shape index (κ3) is 1.71. The highest BCUT2D eigenvalue weighted by Gasteiger charge is 2.18. The van der Waals surface area contributed by atoms with Crippen molar-refractivity contribution in [3.05, 3.63) is 30.0 Å². The summed E-state index contributed by atoms with van der Waals surface area (Å²) in [6, 6.07) is 6.11. The Morgan fingerprint density at radius 1 is 1.06 bits per heavy atom. The number of fused-ring (bicyclic) bond motifs is 2. The lowest BCUT2D eigenvalue weighted by Crippen LogP contribution is -2.11. The van der Waals surface area contributed by atoms with Crippen molar-refractivity contribution in [3.63, 3.8) is 0 Å². The Kier molecular flexibility index (Phi) is 2.05. The normalized spacial score (nSPS) is 14.3. The number of pyridine rings is 1. The van der Waals surface area contributed by atoms with Gasteiger partial charge in [0.1, 0.15) is 0 Å². The van der Waals surface area contributed by atoms with Crippen molar-refractivity contribution in [3.8, 4) is 11.5 Å². The molecule has 1 aromatic carbocycles. The van der Waals surface area contributed by atoms with Crippen molar-refractivity contribution < 1.29 is 9.47 Å². The summed E-state index contributed by atoms with van der Waals surface area (Å²) in [6.45, 7) is 6.85. The summed E-state index contributed by atoms with van der Waals surface area (Å²) < 4.78 is 10.7. The van der Waals surface area contributed by atoms with Crippen molar-refractivity contribution in [2.75, 3.05) is 6.79 Å². The van der Waals surface area contributed by atoms with Crippen LogP contribution in [0.2, 0.25) is 0 Å². The zero-order chi connectivity index (χ0) is 12.0. The molecule has 0 aliphatic carbocycles. The van der Waals surface area contributed by atoms with E-state index in [9.17, 15) is 0 Å². The smallest absolute Gasteiger partial charge is 0.231 e. The van der Waals surface area contributed by atoms with Crippen molar-refractivity contribution in [2.45, 2.75) is 26.2 Å². The molecule has 0 radical (unpaired) electrons. The molecule has 0 saturated heterocycles. The van der Waals surface area contributed by atoms with Crippen LogP contribution >= 0.6 is 0 Å². The second-order valence-electron chi connectivity index (χ2n) is 5.37. The first-order valence-electron chi connectivity index (χ1n) is 5.74. The molecule has 17 heavy (non-hydrogen) atoms. The third-order valence-corrected chi connectivity index (χ3v) is 3.04. The van der Waals surface area contributed by atoms with Crippen LogP contribution in [0.15, 0.2) is 24.4 Å². The molecule has 2 heterocycles. The van der Waals surface area contributed by atoms with Crippen LogP contribution in [0.25, 0.3) is 10.9 Å². The van der Waals surface area contributed by atoms with E-state index >= 15 is 0 Å². The zero-order valence-electron chi connectivity index (χ0n) is 10.3. The van der Waals surface area contributed by atoms with E-state index in [1.807, 2.05) is 18.3 Å². The molecular formula is C14H15NO2. The van der Waals surface area contributed by atoms with Crippen LogP contribution < -0.4 is 9.47 Å². The minimum absolute atomic E-state index is 0.109. The Labute approximate surface area is 100 Å². The summed E-state index contributed by atoms with van der Waals surface area (Å²) in [5, 5.41) is 1.10. The predicted octanol–water partition coefficient (Wildman–Crippen LogP) is 3.26. The molecule has 3 heteroatoms. The van der Waals surface area contributed by atoms with Gasteiger partial charge in [0.25, 0.3) is 0 Å². The Morgan fingerprint density at radius 3 is 2.47 bits per heavy atom. The average molecular weight is 229 g/mol. The van der Waals surface area contributed by atoms with E-state index in [2.05, 4.69) is 31.8 Å². The maximum Gasteiger partial charge on any atom is 0.231 e. The molecule has 1 aliphatic heterocycles. The molecule has 0 saturated carbocycles. The topological polar surface area (TPSA) is 31.4 Å². The van der Waals surface area contributed by atoms with Crippen LogP contribution in [0.5, 0.6) is 11.5 Å². The van der Waals surface area contributed by atoms with Crippen LogP contribution in [-0.4, -0.2) is 11.8 Å². The lowest BCUT2D eigenvalue weighted by molar-refractivity contribution is 0.174. The number of ether oxygens (including phenoxy) is 2. The van der Waals surface area contributed by atoms with Crippen LogP contribution in [-0.2, 0) is 5.41 Å². The fourth-order valence-electron chi connectivity index (χ4n) is 1.93. The van der Waals surface area contributed by atoms with Crippen molar-refractivity contribution >= 4 is 10.9 Å². The van der Waals surface area contributed by atoms with Gasteiger partial charge in [0.2, 0.25) is 6.79 Å². The molecule has 1 aromatic heterocycles. The molecule has 0 spiro atoms. The lowest BCUT2D eigenvalue weighted by Gasteiger charge is -2.18. The summed E-state index contributed by atoms with van der Waals surface area (Å²) in [5.41, 5.74) is 2.28. The second kappa shape index (κ2) is 3.36. The Balaban J connectivity index is 2.20. The minimum Gasteiger partial charge on any atom is -0.454 e. The number of hydrogen-bond acceptors (Lipinski definition) is 3. The highest BCUT2D eigenvalue weighted by Crippen LogP contribution is 2.36. The fourth-order valence-corrected chi connectivity index (χ4v) is 1.93. The maximum absolute atomic E-state index is 5.38. The van der Waals surface area contributed by atoms with Gasteiger partial charge >= 0.3 is 0 Å². The van der Waals surface area contributed by atoms with Gasteiger partial charge in [0.05, 0.1) is 5.52 Å². The monoisotopic (exact) mass is 229 g/mol. The first-order valence-corrected chi connectivity index (χ1v) is 5.74. The van der Waals surface area contributed by atoms with E-state index in [1.54, 1.807) is 0 Å². The van der Waals surface area contributed by atoms with Gasteiger partial charge in [0.15, 0.2) is 11.5 Å². The van der Waals surface area contributed by atoms with E-state index in [1.165, 1.54) is 5.56 Å². The van der Waals surface area contributed by atoms with Crippen molar-refractivity contribution in [1.29, 1.82) is 0 Å². The van der Waals surface area contributed by atoms with Gasteiger partial charge in [-0.15, -0.1) is 0 Å². The van der Waals surface area contributed by atoms with Gasteiger partial charge in [-0.05, 0) is 23.1 Å². The third-order valence-electron chi connectivity index (χ3n) is 3.04. The van der Waals surface area contributed by atoms with Gasteiger partial charge in [-0.3, -0.25) is 4.98 Å². The number of benzene rings is 1. The molecule has 0 atom stereocenters. The largest absolute Gasteiger partial charge is 0.454 e. The van der Waals surface area contributed by atoms with Gasteiger partial charge in [-0.2, -0.15) is 0 Å². The highest BCUT2D eigenvalue weighted by molar-refractivity contribution is 5.83. The zero-order valence-corrected chi connectivity index (χ0v) is 10.3. The summed E-state index contributed by atoms with van der Waals surface area (Å²) in [5.74, 6) is 1.60. The molecular weight excluding hydrogens is 214 g/mol. The molecule has 0 N–H and O–H groups in total. The van der Waals surface area contributed by atoms with Crippen LogP contribution in [0.4, 0.5) is 0 Å². The van der Waals surface area contributed by atoms with E-state index in [4.69, 9.17) is 9.47 Å². The summed E-state index contributed by atoms with van der Waals surface area (Å²) in [4.78, 5) is 4.49. The second-order valence-corrected chi connectivity index (χ2v) is 5.37. The van der Waals surface area contributed by atoms with Crippen molar-refractivity contribution in [2.24, 2.45) is 0 Å². The summed E-state index contributed by atoms with van der Waals surface area (Å²) in [7, 11) is 0. The minimum atomic E-state index is 0.109. The van der Waals surface area contributed by atoms with Gasteiger partial charge in [-0.25, -0.2) is 0 Å². The molecule has 3 nitrogen and oxygen atoms in total. The Hall–Kier alpha value is -1.77. The number of nitrogens with zero attached hydrogens (tertiary/aromatic N) is 1. The van der Waals surface area contributed by atoms with Crippen molar-refractivity contribution in [1.82, 2.24) is 4.98 Å². The Morgan fingerprint density at radius 2 is 1.76 bits per heavy atom. The molecule has 0 unspecified atom stereocenters. The summed E-state index contributed by atoms with van der Waals surface area (Å²) in [6.07, 6.45) is 1.94. The van der Waals surface area contributed by atoms with E-state index in [0.29, 0.717) is 6.79 Å². The molecule has 3 rings (SSSR count). The Bertz CT molecular complexity index is 585. The highest BCUT2D eigenvalue weighted by atomic mass is 16.7. The maximum atomic E-state index is 5.38. The quantitative estimate of drug-likeness (QED) is 0.694. The van der Waals surface area contributed by atoms with Crippen LogP contribution in [0, 0.1) is 0 Å². The molecule has 88 valence electrons. The number of rotatable bonds is 0. The molecule has 0 amide bonds. The van der Waals surface area contributed by atoms with Crippen LogP contribution in [0.1, 0.15) is 26.3 Å². The lowest BCUT2D eigenvalue weighted by atomic mass is 9.87. The van der Waals surface area contributed by atoms with Gasteiger partial charge < -0.3 is 9.47 Å². The SMILES string of the molecule is CC(C)(C)c1cnc2cc3c(cc2c1)OCO3. The first-order chi connectivity index (χ1) is 8.04. The number of aromatic nitrogens is 1. The number of hydrogen-bond donors (Lipinski definition) is 0. The molecule has 0 fully saturated rings. The molecule has 0 bridgehead atoms. The fraction of sp³-hybridized carbons (Fsp3) is 0.357. The molecule has 2 aromatic rings. The average Bonchev–Trinajstić information content (AvgIpc) is 2.70.